The molecule has 0 fully saturated rings. The quantitative estimate of drug-likeness (QED) is 0.658. The van der Waals surface area contributed by atoms with Crippen LogP contribution in [0.25, 0.3) is 0 Å². The Balaban J connectivity index is 1.99. The molecule has 0 saturated heterocycles. The number of rotatable bonds is 7. The average Bonchev–Trinajstić information content (AvgIpc) is 2.84. The lowest BCUT2D eigenvalue weighted by Crippen LogP contribution is -2.30. The summed E-state index contributed by atoms with van der Waals surface area (Å²) in [5, 5.41) is 7.90. The Morgan fingerprint density at radius 3 is 2.50 bits per heavy atom. The van der Waals surface area contributed by atoms with Gasteiger partial charge >= 0.3 is 5.97 Å². The molecular weight excluding hydrogens is 401 g/mol. The molecule has 0 radical (unpaired) electrons. The second kappa shape index (κ2) is 9.43. The van der Waals surface area contributed by atoms with Crippen LogP contribution in [0.15, 0.2) is 18.2 Å². The van der Waals surface area contributed by atoms with Gasteiger partial charge < -0.3 is 10.1 Å². The van der Waals surface area contributed by atoms with E-state index >= 15 is 0 Å². The summed E-state index contributed by atoms with van der Waals surface area (Å²) < 4.78 is 7.20. The van der Waals surface area contributed by atoms with Crippen LogP contribution in [-0.4, -0.2) is 27.8 Å². The van der Waals surface area contributed by atoms with Crippen molar-refractivity contribution >= 4 is 40.8 Å². The third-order valence-electron chi connectivity index (χ3n) is 4.26. The summed E-state index contributed by atoms with van der Waals surface area (Å²) in [7, 11) is 0. The van der Waals surface area contributed by atoms with E-state index in [9.17, 15) is 9.59 Å². The van der Waals surface area contributed by atoms with Crippen LogP contribution in [0.2, 0.25) is 10.0 Å². The largest absolute Gasteiger partial charge is 0.452 e. The minimum absolute atomic E-state index is 0.0646. The summed E-state index contributed by atoms with van der Waals surface area (Å²) in [5.41, 5.74) is 2.97. The smallest absolute Gasteiger partial charge is 0.311 e. The van der Waals surface area contributed by atoms with Crippen molar-refractivity contribution in [3.63, 3.8) is 0 Å². The highest BCUT2D eigenvalue weighted by Crippen LogP contribution is 2.25. The predicted molar refractivity (Wildman–Crippen MR) is 111 cm³/mol. The average molecular weight is 426 g/mol. The van der Waals surface area contributed by atoms with Gasteiger partial charge in [-0.05, 0) is 44.9 Å². The molecule has 1 heterocycles. The van der Waals surface area contributed by atoms with E-state index in [0.717, 1.165) is 23.5 Å². The van der Waals surface area contributed by atoms with Gasteiger partial charge in [-0.25, -0.2) is 0 Å². The van der Waals surface area contributed by atoms with Crippen LogP contribution in [0.5, 0.6) is 0 Å². The highest BCUT2D eigenvalue weighted by molar-refractivity contribution is 6.36. The van der Waals surface area contributed by atoms with Gasteiger partial charge in [0.1, 0.15) is 0 Å². The van der Waals surface area contributed by atoms with Gasteiger partial charge in [-0.3, -0.25) is 14.3 Å². The summed E-state index contributed by atoms with van der Waals surface area (Å²) in [5.74, 6) is -0.511. The highest BCUT2D eigenvalue weighted by Gasteiger charge is 2.22. The van der Waals surface area contributed by atoms with Crippen LogP contribution in [0.1, 0.15) is 37.7 Å². The first-order valence-electron chi connectivity index (χ1n) is 9.06. The first kappa shape index (κ1) is 22.2. The normalized spacial score (nSPS) is 12.1. The van der Waals surface area contributed by atoms with E-state index in [0.29, 0.717) is 21.7 Å². The maximum atomic E-state index is 12.3. The molecule has 2 rings (SSSR count). The van der Waals surface area contributed by atoms with Gasteiger partial charge in [0.2, 0.25) is 0 Å². The van der Waals surface area contributed by atoms with E-state index in [4.69, 9.17) is 27.9 Å². The second-order valence-electron chi connectivity index (χ2n) is 7.15. The van der Waals surface area contributed by atoms with Crippen molar-refractivity contribution < 1.29 is 14.3 Å². The molecule has 1 atom stereocenters. The first-order valence-corrected chi connectivity index (χ1v) is 9.82. The first-order chi connectivity index (χ1) is 13.1. The maximum Gasteiger partial charge on any atom is 0.311 e. The molecule has 152 valence electrons. The summed E-state index contributed by atoms with van der Waals surface area (Å²) in [6.07, 6.45) is -0.903. The fourth-order valence-corrected chi connectivity index (χ4v) is 3.23. The fraction of sp³-hybridized carbons (Fsp3) is 0.450. The number of aryl methyl sites for hydroxylation is 1. The van der Waals surface area contributed by atoms with Crippen LogP contribution in [0.3, 0.4) is 0 Å². The molecule has 6 nitrogen and oxygen atoms in total. The Morgan fingerprint density at radius 1 is 1.21 bits per heavy atom. The Bertz CT molecular complexity index is 878. The van der Waals surface area contributed by atoms with Crippen molar-refractivity contribution in [1.82, 2.24) is 9.78 Å². The Hall–Kier alpha value is -2.05. The molecule has 28 heavy (non-hydrogen) atoms. The Labute approximate surface area is 175 Å². The van der Waals surface area contributed by atoms with E-state index in [1.54, 1.807) is 12.1 Å². The standard InChI is InChI=1S/C20H25Cl2N3O3/c1-11(2)10-25-13(4)16(12(3)24-25)9-19(26)28-14(5)20(27)23-18-7-6-15(21)8-17(18)22/h6-8,11,14H,9-10H2,1-5H3,(H,23,27). The van der Waals surface area contributed by atoms with Crippen LogP contribution in [-0.2, 0) is 27.3 Å². The number of aromatic nitrogens is 2. The molecule has 8 heteroatoms. The van der Waals surface area contributed by atoms with Crippen molar-refractivity contribution in [3.05, 3.63) is 45.2 Å². The zero-order valence-corrected chi connectivity index (χ0v) is 18.2. The minimum Gasteiger partial charge on any atom is -0.452 e. The van der Waals surface area contributed by atoms with Crippen LogP contribution in [0.4, 0.5) is 5.69 Å². The van der Waals surface area contributed by atoms with Gasteiger partial charge in [0.25, 0.3) is 5.91 Å². The zero-order chi connectivity index (χ0) is 21.0. The number of amides is 1. The number of nitrogens with zero attached hydrogens (tertiary/aromatic N) is 2. The molecule has 1 unspecified atom stereocenters. The SMILES string of the molecule is Cc1nn(CC(C)C)c(C)c1CC(=O)OC(C)C(=O)Nc1ccc(Cl)cc1Cl. The van der Waals surface area contributed by atoms with Crippen molar-refractivity contribution in [2.24, 2.45) is 5.92 Å². The Morgan fingerprint density at radius 2 is 1.89 bits per heavy atom. The van der Waals surface area contributed by atoms with Gasteiger partial charge in [-0.2, -0.15) is 5.10 Å². The molecule has 0 bridgehead atoms. The number of anilines is 1. The topological polar surface area (TPSA) is 73.2 Å². The van der Waals surface area contributed by atoms with E-state index in [2.05, 4.69) is 24.3 Å². The number of carbonyl (C=O) groups is 2. The molecule has 1 N–H and O–H groups in total. The summed E-state index contributed by atoms with van der Waals surface area (Å²) in [4.78, 5) is 24.6. The van der Waals surface area contributed by atoms with E-state index in [1.807, 2.05) is 18.5 Å². The summed E-state index contributed by atoms with van der Waals surface area (Å²) in [6, 6.07) is 4.73. The van der Waals surface area contributed by atoms with Gasteiger partial charge in [0, 0.05) is 22.8 Å². The predicted octanol–water partition coefficient (Wildman–Crippen LogP) is 4.58. The lowest BCUT2D eigenvalue weighted by Gasteiger charge is -2.14. The third kappa shape index (κ3) is 5.72. The third-order valence-corrected chi connectivity index (χ3v) is 4.80. The number of esters is 1. The molecule has 2 aromatic rings. The van der Waals surface area contributed by atoms with Crippen molar-refractivity contribution in [2.75, 3.05) is 5.32 Å². The van der Waals surface area contributed by atoms with E-state index in [-0.39, 0.29) is 6.42 Å². The van der Waals surface area contributed by atoms with Crippen molar-refractivity contribution in [1.29, 1.82) is 0 Å². The minimum atomic E-state index is -0.967. The fourth-order valence-electron chi connectivity index (χ4n) is 2.78. The number of nitrogens with one attached hydrogen (secondary N) is 1. The van der Waals surface area contributed by atoms with Crippen LogP contribution < -0.4 is 5.32 Å². The van der Waals surface area contributed by atoms with Crippen LogP contribution >= 0.6 is 23.2 Å². The molecule has 1 amide bonds. The molecular formula is C20H25Cl2N3O3. The van der Waals surface area contributed by atoms with Crippen LogP contribution in [0, 0.1) is 19.8 Å². The molecule has 1 aromatic carbocycles. The highest BCUT2D eigenvalue weighted by atomic mass is 35.5. The lowest BCUT2D eigenvalue weighted by atomic mass is 10.1. The maximum absolute atomic E-state index is 12.3. The molecule has 0 aliphatic carbocycles. The van der Waals surface area contributed by atoms with Crippen molar-refractivity contribution in [2.45, 2.75) is 53.7 Å². The monoisotopic (exact) mass is 425 g/mol. The van der Waals surface area contributed by atoms with E-state index < -0.39 is 18.0 Å². The number of carbonyl (C=O) groups excluding carboxylic acids is 2. The van der Waals surface area contributed by atoms with Gasteiger partial charge in [-0.15, -0.1) is 0 Å². The number of ether oxygens (including phenoxy) is 1. The Kier molecular flexibility index (Phi) is 7.49. The molecule has 0 saturated carbocycles. The number of benzene rings is 1. The summed E-state index contributed by atoms with van der Waals surface area (Å²) >= 11 is 11.9. The number of halogens is 2. The van der Waals surface area contributed by atoms with Gasteiger partial charge in [0.15, 0.2) is 6.10 Å². The second-order valence-corrected chi connectivity index (χ2v) is 7.99. The molecule has 0 spiro atoms. The molecule has 0 aliphatic rings. The van der Waals surface area contributed by atoms with Crippen molar-refractivity contribution in [3.8, 4) is 0 Å². The zero-order valence-electron chi connectivity index (χ0n) is 16.7. The van der Waals surface area contributed by atoms with Gasteiger partial charge in [0.05, 0.1) is 22.8 Å². The van der Waals surface area contributed by atoms with Gasteiger partial charge in [-0.1, -0.05) is 37.0 Å². The lowest BCUT2D eigenvalue weighted by molar-refractivity contribution is -0.152. The molecule has 1 aromatic heterocycles. The number of hydrogen-bond donors (Lipinski definition) is 1. The molecule has 0 aliphatic heterocycles. The summed E-state index contributed by atoms with van der Waals surface area (Å²) in [6.45, 7) is 10.3. The number of hydrogen-bond acceptors (Lipinski definition) is 4. The van der Waals surface area contributed by atoms with E-state index in [1.165, 1.54) is 13.0 Å².